The van der Waals surface area contributed by atoms with Crippen LogP contribution in [-0.2, 0) is 9.59 Å². The summed E-state index contributed by atoms with van der Waals surface area (Å²) in [5.41, 5.74) is 0.723. The number of nitrogens with zero attached hydrogens (tertiary/aromatic N) is 1. The van der Waals surface area contributed by atoms with Crippen LogP contribution >= 0.6 is 0 Å². The summed E-state index contributed by atoms with van der Waals surface area (Å²) in [6.07, 6.45) is 4.39. The maximum Gasteiger partial charge on any atom is 0.227 e. The van der Waals surface area contributed by atoms with Gasteiger partial charge in [-0.1, -0.05) is 0 Å². The zero-order valence-corrected chi connectivity index (χ0v) is 14.5. The van der Waals surface area contributed by atoms with Crippen LogP contribution in [0.2, 0.25) is 0 Å². The highest BCUT2D eigenvalue weighted by Crippen LogP contribution is 2.23. The summed E-state index contributed by atoms with van der Waals surface area (Å²) in [4.78, 5) is 26.3. The number of nitrogens with one attached hydrogen (secondary N) is 2. The number of carbonyl (C=O) groups excluding carboxylic acids is 2. The fourth-order valence-corrected chi connectivity index (χ4v) is 3.70. The molecule has 0 spiro atoms. The van der Waals surface area contributed by atoms with Crippen molar-refractivity contribution in [1.29, 1.82) is 0 Å². The van der Waals surface area contributed by atoms with Gasteiger partial charge in [-0.05, 0) is 69.0 Å². The second-order valence-electron chi connectivity index (χ2n) is 7.15. The first-order chi connectivity index (χ1) is 12.1. The zero-order chi connectivity index (χ0) is 17.6. The molecule has 1 aromatic carbocycles. The number of carbonyl (C=O) groups is 2. The Bertz CT molecular complexity index is 594. The fraction of sp³-hybridized carbons (Fsp3) is 0.579. The van der Waals surface area contributed by atoms with Gasteiger partial charge in [-0.2, -0.15) is 0 Å². The van der Waals surface area contributed by atoms with Crippen molar-refractivity contribution in [3.05, 3.63) is 24.3 Å². The average Bonchev–Trinajstić information content (AvgIpc) is 2.82. The van der Waals surface area contributed by atoms with Crippen molar-refractivity contribution in [2.45, 2.75) is 32.1 Å². The Morgan fingerprint density at radius 1 is 1.16 bits per heavy atom. The Labute approximate surface area is 148 Å². The quantitative estimate of drug-likeness (QED) is 0.729. The zero-order valence-electron chi connectivity index (χ0n) is 14.5. The SMILES string of the molecule is O=C1CCC(CN2CCC(C(=O)Nc3ccc(O)cc3)CC2)CCN1. The summed E-state index contributed by atoms with van der Waals surface area (Å²) in [5.74, 6) is 1.05. The highest BCUT2D eigenvalue weighted by molar-refractivity contribution is 5.92. The van der Waals surface area contributed by atoms with E-state index < -0.39 is 0 Å². The van der Waals surface area contributed by atoms with E-state index in [2.05, 4.69) is 15.5 Å². The van der Waals surface area contributed by atoms with Crippen LogP contribution in [0.4, 0.5) is 5.69 Å². The van der Waals surface area contributed by atoms with Crippen LogP contribution in [0.1, 0.15) is 32.1 Å². The first-order valence-corrected chi connectivity index (χ1v) is 9.19. The van der Waals surface area contributed by atoms with E-state index in [-0.39, 0.29) is 23.5 Å². The molecule has 1 atom stereocenters. The topological polar surface area (TPSA) is 81.7 Å². The summed E-state index contributed by atoms with van der Waals surface area (Å²) >= 11 is 0. The Morgan fingerprint density at radius 3 is 2.60 bits per heavy atom. The molecule has 25 heavy (non-hydrogen) atoms. The van der Waals surface area contributed by atoms with Crippen LogP contribution in [-0.4, -0.2) is 48.0 Å². The van der Waals surface area contributed by atoms with Crippen LogP contribution in [0.25, 0.3) is 0 Å². The highest BCUT2D eigenvalue weighted by atomic mass is 16.3. The fourth-order valence-electron chi connectivity index (χ4n) is 3.70. The number of aromatic hydroxyl groups is 1. The van der Waals surface area contributed by atoms with Gasteiger partial charge in [0.25, 0.3) is 0 Å². The standard InChI is InChI=1S/C19H27N3O3/c23-17-4-2-16(3-5-17)21-19(25)15-8-11-22(12-9-15)13-14-1-6-18(24)20-10-7-14/h2-5,14-15,23H,1,6-13H2,(H,20,24)(H,21,25). The molecule has 2 amide bonds. The lowest BCUT2D eigenvalue weighted by Crippen LogP contribution is -2.40. The first kappa shape index (κ1) is 17.7. The van der Waals surface area contributed by atoms with Crippen LogP contribution < -0.4 is 10.6 Å². The molecular weight excluding hydrogens is 318 g/mol. The van der Waals surface area contributed by atoms with Crippen LogP contribution in [0, 0.1) is 11.8 Å². The molecule has 0 aliphatic carbocycles. The van der Waals surface area contributed by atoms with Crippen molar-refractivity contribution in [2.75, 3.05) is 31.5 Å². The van der Waals surface area contributed by atoms with Gasteiger partial charge in [0.1, 0.15) is 5.75 Å². The Morgan fingerprint density at radius 2 is 1.88 bits per heavy atom. The highest BCUT2D eigenvalue weighted by Gasteiger charge is 2.27. The van der Waals surface area contributed by atoms with E-state index in [1.165, 1.54) is 0 Å². The molecule has 3 N–H and O–H groups in total. The smallest absolute Gasteiger partial charge is 0.227 e. The van der Waals surface area contributed by atoms with Gasteiger partial charge in [0.05, 0.1) is 0 Å². The lowest BCUT2D eigenvalue weighted by atomic mass is 9.93. The average molecular weight is 345 g/mol. The van der Waals surface area contributed by atoms with Gasteiger partial charge in [-0.15, -0.1) is 0 Å². The third-order valence-corrected chi connectivity index (χ3v) is 5.26. The number of hydrogen-bond acceptors (Lipinski definition) is 4. The third kappa shape index (κ3) is 5.19. The molecule has 2 aliphatic rings. The number of phenolic OH excluding ortho intramolecular Hbond substituents is 1. The Balaban J connectivity index is 1.42. The van der Waals surface area contributed by atoms with Gasteiger partial charge in [0, 0.05) is 31.1 Å². The van der Waals surface area contributed by atoms with E-state index in [9.17, 15) is 14.7 Å². The molecule has 0 radical (unpaired) electrons. The van der Waals surface area contributed by atoms with Crippen molar-refractivity contribution >= 4 is 17.5 Å². The second kappa shape index (κ2) is 8.34. The van der Waals surface area contributed by atoms with Crippen molar-refractivity contribution in [2.24, 2.45) is 11.8 Å². The monoisotopic (exact) mass is 345 g/mol. The lowest BCUT2D eigenvalue weighted by molar-refractivity contribution is -0.122. The lowest BCUT2D eigenvalue weighted by Gasteiger charge is -2.33. The van der Waals surface area contributed by atoms with Gasteiger partial charge >= 0.3 is 0 Å². The number of benzene rings is 1. The van der Waals surface area contributed by atoms with Crippen LogP contribution in [0.15, 0.2) is 24.3 Å². The summed E-state index contributed by atoms with van der Waals surface area (Å²) in [6.45, 7) is 3.69. The van der Waals surface area contributed by atoms with Crippen molar-refractivity contribution < 1.29 is 14.7 Å². The van der Waals surface area contributed by atoms with Crippen LogP contribution in [0.3, 0.4) is 0 Å². The summed E-state index contributed by atoms with van der Waals surface area (Å²) in [7, 11) is 0. The number of phenols is 1. The number of amides is 2. The van der Waals surface area contributed by atoms with Crippen LogP contribution in [0.5, 0.6) is 5.75 Å². The van der Waals surface area contributed by atoms with Gasteiger partial charge in [-0.25, -0.2) is 0 Å². The normalized spacial score (nSPS) is 22.9. The summed E-state index contributed by atoms with van der Waals surface area (Å²) in [5, 5.41) is 15.2. The summed E-state index contributed by atoms with van der Waals surface area (Å²) < 4.78 is 0. The third-order valence-electron chi connectivity index (χ3n) is 5.26. The number of hydrogen-bond donors (Lipinski definition) is 3. The molecule has 2 saturated heterocycles. The minimum absolute atomic E-state index is 0.0439. The Hall–Kier alpha value is -2.08. The molecular formula is C19H27N3O3. The van der Waals surface area contributed by atoms with Crippen molar-refractivity contribution in [3.8, 4) is 5.75 Å². The van der Waals surface area contributed by atoms with Crippen molar-refractivity contribution in [3.63, 3.8) is 0 Å². The van der Waals surface area contributed by atoms with E-state index in [1.54, 1.807) is 24.3 Å². The van der Waals surface area contributed by atoms with Gasteiger partial charge < -0.3 is 20.6 Å². The molecule has 2 heterocycles. The Kier molecular flexibility index (Phi) is 5.91. The molecule has 1 unspecified atom stereocenters. The molecule has 0 aromatic heterocycles. The largest absolute Gasteiger partial charge is 0.508 e. The van der Waals surface area contributed by atoms with E-state index in [1.807, 2.05) is 0 Å². The first-order valence-electron chi connectivity index (χ1n) is 9.19. The van der Waals surface area contributed by atoms with E-state index in [4.69, 9.17) is 0 Å². The molecule has 2 fully saturated rings. The predicted octanol–water partition coefficient (Wildman–Crippen LogP) is 1.96. The molecule has 3 rings (SSSR count). The molecule has 0 bridgehead atoms. The minimum atomic E-state index is 0.0439. The molecule has 6 nitrogen and oxygen atoms in total. The van der Waals surface area contributed by atoms with Crippen molar-refractivity contribution in [1.82, 2.24) is 10.2 Å². The molecule has 0 saturated carbocycles. The van der Waals surface area contributed by atoms with E-state index in [0.717, 1.165) is 57.5 Å². The second-order valence-corrected chi connectivity index (χ2v) is 7.15. The maximum absolute atomic E-state index is 12.4. The van der Waals surface area contributed by atoms with E-state index >= 15 is 0 Å². The number of piperidine rings is 1. The van der Waals surface area contributed by atoms with Gasteiger partial charge in [0.2, 0.25) is 11.8 Å². The number of likely N-dealkylation sites (tertiary alicyclic amines) is 1. The van der Waals surface area contributed by atoms with Gasteiger partial charge in [-0.3, -0.25) is 9.59 Å². The van der Waals surface area contributed by atoms with Gasteiger partial charge in [0.15, 0.2) is 0 Å². The number of anilines is 1. The van der Waals surface area contributed by atoms with E-state index in [0.29, 0.717) is 12.3 Å². The maximum atomic E-state index is 12.4. The molecule has 1 aromatic rings. The summed E-state index contributed by atoms with van der Waals surface area (Å²) in [6, 6.07) is 6.57. The number of rotatable bonds is 4. The predicted molar refractivity (Wildman–Crippen MR) is 96.3 cm³/mol. The molecule has 2 aliphatic heterocycles. The molecule has 136 valence electrons. The minimum Gasteiger partial charge on any atom is -0.508 e. The molecule has 6 heteroatoms.